The Bertz CT molecular complexity index is 2020. The molecule has 5 heterocycles. The summed E-state index contributed by atoms with van der Waals surface area (Å²) >= 11 is 0. The van der Waals surface area contributed by atoms with Crippen molar-refractivity contribution in [2.24, 2.45) is 17.3 Å². The third-order valence-electron chi connectivity index (χ3n) is 12.1. The van der Waals surface area contributed by atoms with Crippen molar-refractivity contribution in [3.8, 4) is 22.5 Å². The number of anilines is 1. The fraction of sp³-hybridized carbons (Fsp3) is 0.545. The summed E-state index contributed by atoms with van der Waals surface area (Å²) in [5.41, 5.74) is 5.90. The Labute approximate surface area is 330 Å². The lowest BCUT2D eigenvalue weighted by Crippen LogP contribution is -2.49. The molecule has 3 saturated heterocycles. The van der Waals surface area contributed by atoms with E-state index in [1.165, 1.54) is 36.9 Å². The summed E-state index contributed by atoms with van der Waals surface area (Å²) in [4.78, 5) is 44.4. The van der Waals surface area contributed by atoms with Crippen molar-refractivity contribution in [2.45, 2.75) is 91.8 Å². The minimum atomic E-state index is -0.571. The van der Waals surface area contributed by atoms with Crippen LogP contribution in [0.2, 0.25) is 0 Å². The molecule has 3 amide bonds. The van der Waals surface area contributed by atoms with E-state index in [-0.39, 0.29) is 24.6 Å². The SMILES string of the molecule is Cc1c(NC(=O)N2CC(O)C(CC(C)C)C2)cc(F)cc1-c1ncnc2[nH]c(-c3ccc(CCN4CCC5(CC4)CCN(C(=O)OC(C)(C)C)CC5)cc3)cc12. The first-order valence-corrected chi connectivity index (χ1v) is 20.3. The van der Waals surface area contributed by atoms with Crippen molar-refractivity contribution in [1.29, 1.82) is 0 Å². The highest BCUT2D eigenvalue weighted by molar-refractivity contribution is 5.97. The molecule has 7 rings (SSSR count). The Balaban J connectivity index is 0.963. The number of hydrogen-bond acceptors (Lipinski definition) is 7. The van der Waals surface area contributed by atoms with Crippen LogP contribution in [0.5, 0.6) is 0 Å². The molecule has 2 atom stereocenters. The quantitative estimate of drug-likeness (QED) is 0.165. The molecule has 2 aromatic heterocycles. The smallest absolute Gasteiger partial charge is 0.410 e. The third kappa shape index (κ3) is 9.02. The lowest BCUT2D eigenvalue weighted by atomic mass is 9.71. The largest absolute Gasteiger partial charge is 0.444 e. The number of carbonyl (C=O) groups is 2. The Morgan fingerprint density at radius 1 is 1.00 bits per heavy atom. The number of hydrogen-bond donors (Lipinski definition) is 3. The maximum atomic E-state index is 15.2. The molecule has 3 aliphatic rings. The van der Waals surface area contributed by atoms with Gasteiger partial charge in [0.05, 0.1) is 11.8 Å². The average molecular weight is 768 g/mol. The van der Waals surface area contributed by atoms with Crippen LogP contribution in [0.1, 0.15) is 77.8 Å². The van der Waals surface area contributed by atoms with Crippen molar-refractivity contribution >= 4 is 28.8 Å². The molecule has 4 aromatic rings. The molecule has 11 nitrogen and oxygen atoms in total. The third-order valence-corrected chi connectivity index (χ3v) is 12.1. The van der Waals surface area contributed by atoms with Crippen LogP contribution in [-0.4, -0.2) is 104 Å². The Morgan fingerprint density at radius 3 is 2.38 bits per heavy atom. The van der Waals surface area contributed by atoms with Crippen LogP contribution in [0.15, 0.2) is 48.8 Å². The normalized spacial score (nSPS) is 20.3. The Kier molecular flexibility index (Phi) is 11.4. The second-order valence-corrected chi connectivity index (χ2v) is 17.8. The summed E-state index contributed by atoms with van der Waals surface area (Å²) in [6, 6.07) is 13.0. The van der Waals surface area contributed by atoms with E-state index in [0.29, 0.717) is 46.0 Å². The number of carbonyl (C=O) groups excluding carboxylic acids is 2. The number of fused-ring (bicyclic) bond motifs is 1. The minimum Gasteiger partial charge on any atom is -0.444 e. The van der Waals surface area contributed by atoms with Gasteiger partial charge in [-0.15, -0.1) is 0 Å². The predicted octanol–water partition coefficient (Wildman–Crippen LogP) is 8.27. The van der Waals surface area contributed by atoms with Crippen LogP contribution >= 0.6 is 0 Å². The molecule has 0 bridgehead atoms. The van der Waals surface area contributed by atoms with Crippen LogP contribution < -0.4 is 5.32 Å². The molecular formula is C44H58FN7O4. The molecule has 300 valence electrons. The lowest BCUT2D eigenvalue weighted by Gasteiger charge is -2.46. The van der Waals surface area contributed by atoms with E-state index in [4.69, 9.17) is 4.74 Å². The van der Waals surface area contributed by atoms with Gasteiger partial charge in [-0.3, -0.25) is 0 Å². The molecule has 3 aliphatic heterocycles. The van der Waals surface area contributed by atoms with E-state index in [1.807, 2.05) is 38.7 Å². The number of β-amino-alcohol motifs (C(OH)–C–C–N with tert-alkyl or cyclic N) is 1. The minimum absolute atomic E-state index is 0.0243. The number of nitrogens with one attached hydrogen (secondary N) is 2. The number of urea groups is 1. The van der Waals surface area contributed by atoms with Crippen LogP contribution in [-0.2, 0) is 11.2 Å². The average Bonchev–Trinajstić information content (AvgIpc) is 3.76. The van der Waals surface area contributed by atoms with Crippen LogP contribution in [0.3, 0.4) is 0 Å². The van der Waals surface area contributed by atoms with Gasteiger partial charge in [0.2, 0.25) is 0 Å². The number of halogens is 1. The van der Waals surface area contributed by atoms with Gasteiger partial charge < -0.3 is 34.8 Å². The molecule has 1 spiro atoms. The van der Waals surface area contributed by atoms with Crippen LogP contribution in [0.25, 0.3) is 33.5 Å². The van der Waals surface area contributed by atoms with E-state index in [9.17, 15) is 14.7 Å². The maximum Gasteiger partial charge on any atom is 0.410 e. The van der Waals surface area contributed by atoms with Gasteiger partial charge in [0.25, 0.3) is 0 Å². The number of ether oxygens (including phenoxy) is 1. The first kappa shape index (κ1) is 39.7. The lowest BCUT2D eigenvalue weighted by molar-refractivity contribution is -0.00227. The predicted molar refractivity (Wildman–Crippen MR) is 218 cm³/mol. The number of benzene rings is 2. The fourth-order valence-electron chi connectivity index (χ4n) is 8.80. The number of H-pyrrole nitrogens is 1. The van der Waals surface area contributed by atoms with Crippen molar-refractivity contribution in [3.63, 3.8) is 0 Å². The molecule has 3 fully saturated rings. The highest BCUT2D eigenvalue weighted by Crippen LogP contribution is 2.42. The van der Waals surface area contributed by atoms with Gasteiger partial charge in [0.1, 0.15) is 23.4 Å². The molecule has 3 N–H and O–H groups in total. The van der Waals surface area contributed by atoms with Gasteiger partial charge in [-0.1, -0.05) is 38.1 Å². The molecule has 2 unspecified atom stereocenters. The fourth-order valence-corrected chi connectivity index (χ4v) is 8.80. The van der Waals surface area contributed by atoms with E-state index in [0.717, 1.165) is 75.1 Å². The number of aromatic nitrogens is 3. The highest BCUT2D eigenvalue weighted by atomic mass is 19.1. The number of amides is 3. The zero-order valence-corrected chi connectivity index (χ0v) is 33.8. The van der Waals surface area contributed by atoms with E-state index in [1.54, 1.807) is 4.90 Å². The summed E-state index contributed by atoms with van der Waals surface area (Å²) in [5, 5.41) is 14.2. The van der Waals surface area contributed by atoms with Crippen molar-refractivity contribution in [2.75, 3.05) is 51.1 Å². The summed E-state index contributed by atoms with van der Waals surface area (Å²) in [6.45, 7) is 17.3. The van der Waals surface area contributed by atoms with Gasteiger partial charge >= 0.3 is 12.1 Å². The summed E-state index contributed by atoms with van der Waals surface area (Å²) < 4.78 is 20.8. The summed E-state index contributed by atoms with van der Waals surface area (Å²) in [7, 11) is 0. The standard InChI is InChI=1S/C44H58FN7O4/c1-28(2)21-32-25-52(26-38(32)53)41(54)49-36-23-33(45)22-34(29(36)3)39-35-24-37(48-40(35)47-27-46-39)31-9-7-30(8-10-31)11-16-50-17-12-44(13-18-50)14-19-51(20-15-44)42(55)56-43(4,5)6/h7-10,22-24,27-28,32,38,53H,11-21,25-26H2,1-6H3,(H,49,54)(H,46,47,48). The molecule has 2 aromatic carbocycles. The van der Waals surface area contributed by atoms with Gasteiger partial charge in [-0.05, 0) is 126 Å². The maximum absolute atomic E-state index is 15.2. The second kappa shape index (κ2) is 16.1. The van der Waals surface area contributed by atoms with Gasteiger partial charge in [0.15, 0.2) is 0 Å². The number of rotatable bonds is 8. The highest BCUT2D eigenvalue weighted by Gasteiger charge is 2.39. The second-order valence-electron chi connectivity index (χ2n) is 17.8. The summed E-state index contributed by atoms with van der Waals surface area (Å²) in [6.07, 6.45) is 6.96. The van der Waals surface area contributed by atoms with E-state index >= 15 is 4.39 Å². The van der Waals surface area contributed by atoms with E-state index < -0.39 is 17.5 Å². The van der Waals surface area contributed by atoms with Crippen molar-refractivity contribution in [1.82, 2.24) is 29.7 Å². The van der Waals surface area contributed by atoms with Crippen LogP contribution in [0.4, 0.5) is 19.7 Å². The summed E-state index contributed by atoms with van der Waals surface area (Å²) in [5.74, 6) is -0.0437. The monoisotopic (exact) mass is 767 g/mol. The number of piperidine rings is 2. The van der Waals surface area contributed by atoms with Crippen molar-refractivity contribution < 1.29 is 23.8 Å². The zero-order valence-electron chi connectivity index (χ0n) is 33.8. The molecule has 0 radical (unpaired) electrons. The molecule has 12 heteroatoms. The van der Waals surface area contributed by atoms with Crippen molar-refractivity contribution in [3.05, 3.63) is 65.7 Å². The number of aromatic amines is 1. The van der Waals surface area contributed by atoms with E-state index in [2.05, 4.69) is 63.3 Å². The number of likely N-dealkylation sites (tertiary alicyclic amines) is 3. The molecule has 0 aliphatic carbocycles. The number of nitrogens with zero attached hydrogens (tertiary/aromatic N) is 5. The Hall–Kier alpha value is -4.55. The first-order valence-electron chi connectivity index (χ1n) is 20.3. The number of aliphatic hydroxyl groups is 1. The topological polar surface area (TPSA) is 127 Å². The van der Waals surface area contributed by atoms with Gasteiger partial charge in [-0.25, -0.2) is 23.9 Å². The molecule has 0 saturated carbocycles. The van der Waals surface area contributed by atoms with Crippen LogP contribution in [0, 0.1) is 30.0 Å². The first-order chi connectivity index (χ1) is 26.6. The zero-order chi connectivity index (χ0) is 39.8. The van der Waals surface area contributed by atoms with Gasteiger partial charge in [-0.2, -0.15) is 0 Å². The van der Waals surface area contributed by atoms with Gasteiger partial charge in [0, 0.05) is 61.0 Å². The molecular weight excluding hydrogens is 710 g/mol. The number of aliphatic hydroxyl groups excluding tert-OH is 1. The Morgan fingerprint density at radius 2 is 1.70 bits per heavy atom. The molecule has 56 heavy (non-hydrogen) atoms.